The summed E-state index contributed by atoms with van der Waals surface area (Å²) in [6.45, 7) is 0. The standard InChI is InChI=1S/C46H31NS/c1-3-9-32(10-4-1)34-21-26-40(27-22-34)47(39-13-5-2-6-14-39)41-28-23-35(24-29-41)33-17-19-36(20-18-33)38-25-30-44-43(31-38)42-15-7-11-37-12-8-16-45(48-44)46(37)42/h1-31H. The van der Waals surface area contributed by atoms with Crippen LogP contribution in [0.15, 0.2) is 198 Å². The molecule has 226 valence electrons. The Morgan fingerprint density at radius 1 is 0.312 bits per heavy atom. The maximum atomic E-state index is 2.36. The quantitative estimate of drug-likeness (QED) is 0.180. The molecule has 0 saturated carbocycles. The van der Waals surface area contributed by atoms with Gasteiger partial charge in [0.05, 0.1) is 0 Å². The minimum atomic E-state index is 1.12. The molecule has 48 heavy (non-hydrogen) atoms. The van der Waals surface area contributed by atoms with Crippen molar-refractivity contribution < 1.29 is 0 Å². The van der Waals surface area contributed by atoms with Gasteiger partial charge in [-0.05, 0) is 104 Å². The van der Waals surface area contributed by atoms with E-state index in [1.165, 1.54) is 65.1 Å². The van der Waals surface area contributed by atoms with Gasteiger partial charge in [0, 0.05) is 32.2 Å². The van der Waals surface area contributed by atoms with E-state index in [2.05, 4.69) is 193 Å². The Balaban J connectivity index is 1.00. The molecule has 0 bridgehead atoms. The van der Waals surface area contributed by atoms with Crippen molar-refractivity contribution in [3.63, 3.8) is 0 Å². The number of benzene rings is 8. The monoisotopic (exact) mass is 629 g/mol. The Morgan fingerprint density at radius 2 is 0.792 bits per heavy atom. The lowest BCUT2D eigenvalue weighted by Crippen LogP contribution is -2.09. The third-order valence-electron chi connectivity index (χ3n) is 9.28. The van der Waals surface area contributed by atoms with E-state index in [-0.39, 0.29) is 0 Å². The largest absolute Gasteiger partial charge is 0.311 e. The zero-order valence-electron chi connectivity index (χ0n) is 26.3. The first-order chi connectivity index (χ1) is 23.8. The Bertz CT molecular complexity index is 2370. The molecule has 0 aromatic heterocycles. The summed E-state index contributed by atoms with van der Waals surface area (Å²) in [4.78, 5) is 4.97. The van der Waals surface area contributed by atoms with Crippen LogP contribution in [0.1, 0.15) is 0 Å². The van der Waals surface area contributed by atoms with Crippen LogP contribution in [0.5, 0.6) is 0 Å². The van der Waals surface area contributed by atoms with E-state index in [0.717, 1.165) is 17.1 Å². The van der Waals surface area contributed by atoms with Crippen LogP contribution in [0.25, 0.3) is 55.3 Å². The third kappa shape index (κ3) is 5.17. The van der Waals surface area contributed by atoms with Crippen LogP contribution in [0.2, 0.25) is 0 Å². The van der Waals surface area contributed by atoms with Gasteiger partial charge in [0.1, 0.15) is 0 Å². The summed E-state index contributed by atoms with van der Waals surface area (Å²) >= 11 is 1.87. The summed E-state index contributed by atoms with van der Waals surface area (Å²) in [5.74, 6) is 0. The number of fused-ring (bicyclic) bond motifs is 2. The summed E-state index contributed by atoms with van der Waals surface area (Å²) in [6, 6.07) is 68.0. The molecule has 9 rings (SSSR count). The molecule has 0 atom stereocenters. The van der Waals surface area contributed by atoms with Gasteiger partial charge in [-0.2, -0.15) is 0 Å². The van der Waals surface area contributed by atoms with E-state index in [1.54, 1.807) is 0 Å². The SMILES string of the molecule is c1ccc(-c2ccc(N(c3ccccc3)c3ccc(-c4ccc(-c5ccc6c(c5)-c5cccc7cccc(c57)S6)cc4)cc3)cc2)cc1. The van der Waals surface area contributed by atoms with Crippen molar-refractivity contribution in [2.75, 3.05) is 4.90 Å². The first-order valence-electron chi connectivity index (χ1n) is 16.3. The van der Waals surface area contributed by atoms with Crippen molar-refractivity contribution in [2.24, 2.45) is 0 Å². The normalized spacial score (nSPS) is 11.7. The number of hydrogen-bond acceptors (Lipinski definition) is 2. The van der Waals surface area contributed by atoms with E-state index >= 15 is 0 Å². The lowest BCUT2D eigenvalue weighted by Gasteiger charge is -2.26. The molecule has 0 spiro atoms. The average molecular weight is 630 g/mol. The Morgan fingerprint density at radius 3 is 1.42 bits per heavy atom. The van der Waals surface area contributed by atoms with Gasteiger partial charge in [-0.1, -0.05) is 145 Å². The number of hydrogen-bond donors (Lipinski definition) is 0. The van der Waals surface area contributed by atoms with Crippen LogP contribution in [0.3, 0.4) is 0 Å². The van der Waals surface area contributed by atoms with Gasteiger partial charge >= 0.3 is 0 Å². The first kappa shape index (κ1) is 28.4. The predicted molar refractivity (Wildman–Crippen MR) is 204 cm³/mol. The van der Waals surface area contributed by atoms with E-state index < -0.39 is 0 Å². The number of rotatable bonds is 6. The fourth-order valence-electron chi connectivity index (χ4n) is 6.86. The van der Waals surface area contributed by atoms with Crippen molar-refractivity contribution >= 4 is 39.6 Å². The van der Waals surface area contributed by atoms with Crippen molar-refractivity contribution in [2.45, 2.75) is 9.79 Å². The summed E-state index contributed by atoms with van der Waals surface area (Å²) in [5.41, 5.74) is 13.3. The van der Waals surface area contributed by atoms with Crippen molar-refractivity contribution in [3.8, 4) is 44.5 Å². The fourth-order valence-corrected chi connectivity index (χ4v) is 7.99. The van der Waals surface area contributed by atoms with Crippen molar-refractivity contribution in [1.82, 2.24) is 0 Å². The van der Waals surface area contributed by atoms with E-state index in [4.69, 9.17) is 0 Å². The molecular weight excluding hydrogens is 599 g/mol. The highest BCUT2D eigenvalue weighted by atomic mass is 32.2. The fraction of sp³-hybridized carbons (Fsp3) is 0. The number of nitrogens with zero attached hydrogens (tertiary/aromatic N) is 1. The lowest BCUT2D eigenvalue weighted by molar-refractivity contribution is 1.28. The van der Waals surface area contributed by atoms with Gasteiger partial charge in [0.25, 0.3) is 0 Å². The summed E-state index contributed by atoms with van der Waals surface area (Å²) < 4.78 is 0. The van der Waals surface area contributed by atoms with Gasteiger partial charge in [0.2, 0.25) is 0 Å². The topological polar surface area (TPSA) is 3.24 Å². The summed E-state index contributed by atoms with van der Waals surface area (Å²) in [5, 5.41) is 2.67. The molecule has 8 aromatic carbocycles. The molecule has 0 amide bonds. The Hall–Kier alpha value is -5.83. The summed E-state index contributed by atoms with van der Waals surface area (Å²) in [7, 11) is 0. The molecule has 1 aliphatic heterocycles. The minimum Gasteiger partial charge on any atom is -0.311 e. The molecule has 0 radical (unpaired) electrons. The van der Waals surface area contributed by atoms with E-state index in [9.17, 15) is 0 Å². The van der Waals surface area contributed by atoms with Crippen LogP contribution in [-0.2, 0) is 0 Å². The molecule has 0 unspecified atom stereocenters. The molecule has 8 aromatic rings. The Kier molecular flexibility index (Phi) is 7.14. The second-order valence-corrected chi connectivity index (χ2v) is 13.3. The zero-order valence-corrected chi connectivity index (χ0v) is 27.1. The zero-order chi connectivity index (χ0) is 31.9. The van der Waals surface area contributed by atoms with Crippen LogP contribution in [0.4, 0.5) is 17.1 Å². The molecular formula is C46H31NS. The van der Waals surface area contributed by atoms with Gasteiger partial charge in [-0.25, -0.2) is 0 Å². The molecule has 2 heteroatoms. The van der Waals surface area contributed by atoms with Crippen LogP contribution in [0, 0.1) is 0 Å². The van der Waals surface area contributed by atoms with E-state index in [0.29, 0.717) is 0 Å². The summed E-state index contributed by atoms with van der Waals surface area (Å²) in [6.07, 6.45) is 0. The molecule has 0 fully saturated rings. The Labute approximate surface area is 285 Å². The van der Waals surface area contributed by atoms with E-state index in [1.807, 2.05) is 11.8 Å². The second kappa shape index (κ2) is 12.1. The van der Waals surface area contributed by atoms with Crippen LogP contribution >= 0.6 is 11.8 Å². The van der Waals surface area contributed by atoms with Gasteiger partial charge in [-0.3, -0.25) is 0 Å². The van der Waals surface area contributed by atoms with Gasteiger partial charge in [-0.15, -0.1) is 0 Å². The molecule has 0 N–H and O–H groups in total. The van der Waals surface area contributed by atoms with Crippen molar-refractivity contribution in [3.05, 3.63) is 188 Å². The van der Waals surface area contributed by atoms with Crippen LogP contribution < -0.4 is 4.90 Å². The van der Waals surface area contributed by atoms with Crippen LogP contribution in [-0.4, -0.2) is 0 Å². The highest BCUT2D eigenvalue weighted by Crippen LogP contribution is 2.48. The molecule has 0 aliphatic carbocycles. The number of anilines is 3. The smallest absolute Gasteiger partial charge is 0.0462 e. The highest BCUT2D eigenvalue weighted by Gasteiger charge is 2.19. The number of para-hydroxylation sites is 1. The maximum absolute atomic E-state index is 2.36. The molecule has 1 aliphatic rings. The first-order valence-corrected chi connectivity index (χ1v) is 17.2. The van der Waals surface area contributed by atoms with Gasteiger partial charge in [0.15, 0.2) is 0 Å². The second-order valence-electron chi connectivity index (χ2n) is 12.2. The lowest BCUT2D eigenvalue weighted by atomic mass is 9.94. The maximum Gasteiger partial charge on any atom is 0.0462 e. The molecule has 0 saturated heterocycles. The van der Waals surface area contributed by atoms with Crippen molar-refractivity contribution in [1.29, 1.82) is 0 Å². The minimum absolute atomic E-state index is 1.12. The van der Waals surface area contributed by atoms with Gasteiger partial charge < -0.3 is 4.90 Å². The average Bonchev–Trinajstić information content (AvgIpc) is 3.17. The molecule has 1 nitrogen and oxygen atoms in total. The third-order valence-corrected chi connectivity index (χ3v) is 10.4. The molecule has 1 heterocycles. The highest BCUT2D eigenvalue weighted by molar-refractivity contribution is 7.99. The predicted octanol–water partition coefficient (Wildman–Crippen LogP) is 13.4.